The van der Waals surface area contributed by atoms with Crippen LogP contribution in [0.15, 0.2) is 12.7 Å². The molecular formula is C13H24O3. The maximum atomic E-state index is 11.2. The van der Waals surface area contributed by atoms with Gasteiger partial charge in [-0.05, 0) is 34.1 Å². The maximum Gasteiger partial charge on any atom is 0.330 e. The third kappa shape index (κ3) is 5.91. The molecule has 2 atom stereocenters. The highest BCUT2D eigenvalue weighted by Gasteiger charge is 2.28. The molecule has 94 valence electrons. The van der Waals surface area contributed by atoms with Crippen LogP contribution >= 0.6 is 0 Å². The van der Waals surface area contributed by atoms with E-state index in [4.69, 9.17) is 9.47 Å². The van der Waals surface area contributed by atoms with Gasteiger partial charge in [0.15, 0.2) is 0 Å². The first-order valence-corrected chi connectivity index (χ1v) is 5.84. The highest BCUT2D eigenvalue weighted by Crippen LogP contribution is 2.24. The predicted octanol–water partition coefficient (Wildman–Crippen LogP) is 3.09. The largest absolute Gasteiger partial charge is 0.456 e. The van der Waals surface area contributed by atoms with Gasteiger partial charge in [-0.1, -0.05) is 13.5 Å². The summed E-state index contributed by atoms with van der Waals surface area (Å²) in [4.78, 5) is 11.2. The highest BCUT2D eigenvalue weighted by molar-refractivity contribution is 5.81. The fourth-order valence-corrected chi connectivity index (χ4v) is 1.66. The van der Waals surface area contributed by atoms with Gasteiger partial charge in [0.25, 0.3) is 0 Å². The van der Waals surface area contributed by atoms with E-state index in [0.717, 1.165) is 6.42 Å². The molecule has 0 fully saturated rings. The van der Waals surface area contributed by atoms with E-state index in [2.05, 4.69) is 6.58 Å². The van der Waals surface area contributed by atoms with E-state index in [0.29, 0.717) is 6.42 Å². The standard InChI is InChI=1S/C13H24O3/c1-7-12(14)16-13(6,8-2)9-11(5)15-10(3)4/h7,10-11H,1,8-9H2,2-6H3. The van der Waals surface area contributed by atoms with Crippen LogP contribution in [-0.2, 0) is 14.3 Å². The topological polar surface area (TPSA) is 35.5 Å². The number of rotatable bonds is 7. The lowest BCUT2D eigenvalue weighted by atomic mass is 9.95. The summed E-state index contributed by atoms with van der Waals surface area (Å²) in [5.41, 5.74) is -0.473. The second-order valence-corrected chi connectivity index (χ2v) is 4.63. The van der Waals surface area contributed by atoms with Gasteiger partial charge < -0.3 is 9.47 Å². The number of ether oxygens (including phenoxy) is 2. The molecule has 0 aliphatic heterocycles. The molecule has 0 aliphatic rings. The Balaban J connectivity index is 4.35. The first-order chi connectivity index (χ1) is 7.33. The Hall–Kier alpha value is -0.830. The summed E-state index contributed by atoms with van der Waals surface area (Å²) in [5.74, 6) is -0.374. The van der Waals surface area contributed by atoms with Gasteiger partial charge in [0, 0.05) is 12.5 Å². The van der Waals surface area contributed by atoms with Crippen molar-refractivity contribution in [1.29, 1.82) is 0 Å². The minimum absolute atomic E-state index is 0.0718. The number of hydrogen-bond donors (Lipinski definition) is 0. The molecule has 0 spiro atoms. The SMILES string of the molecule is C=CC(=O)OC(C)(CC)CC(C)OC(C)C. The van der Waals surface area contributed by atoms with Crippen molar-refractivity contribution in [2.24, 2.45) is 0 Å². The monoisotopic (exact) mass is 228 g/mol. The van der Waals surface area contributed by atoms with Crippen molar-refractivity contribution in [2.45, 2.75) is 65.3 Å². The van der Waals surface area contributed by atoms with Crippen molar-refractivity contribution in [3.8, 4) is 0 Å². The van der Waals surface area contributed by atoms with Crippen LogP contribution < -0.4 is 0 Å². The molecular weight excluding hydrogens is 204 g/mol. The van der Waals surface area contributed by atoms with Gasteiger partial charge in [-0.2, -0.15) is 0 Å². The van der Waals surface area contributed by atoms with Crippen LogP contribution in [0.4, 0.5) is 0 Å². The summed E-state index contributed by atoms with van der Waals surface area (Å²) in [6.07, 6.45) is 2.91. The molecule has 0 rings (SSSR count). The molecule has 3 heteroatoms. The van der Waals surface area contributed by atoms with Crippen molar-refractivity contribution in [2.75, 3.05) is 0 Å². The van der Waals surface area contributed by atoms with Gasteiger partial charge in [0.2, 0.25) is 0 Å². The van der Waals surface area contributed by atoms with Crippen LogP contribution in [0, 0.1) is 0 Å². The Morgan fingerprint density at radius 3 is 2.38 bits per heavy atom. The zero-order chi connectivity index (χ0) is 12.8. The number of carbonyl (C=O) groups excluding carboxylic acids is 1. The summed E-state index contributed by atoms with van der Waals surface area (Å²) in [6, 6.07) is 0. The van der Waals surface area contributed by atoms with Crippen molar-refractivity contribution in [1.82, 2.24) is 0 Å². The quantitative estimate of drug-likeness (QED) is 0.496. The Morgan fingerprint density at radius 2 is 2.00 bits per heavy atom. The first kappa shape index (κ1) is 15.2. The van der Waals surface area contributed by atoms with Crippen molar-refractivity contribution in [3.63, 3.8) is 0 Å². The summed E-state index contributed by atoms with van der Waals surface area (Å²) in [6.45, 7) is 13.3. The van der Waals surface area contributed by atoms with Crippen LogP contribution in [0.2, 0.25) is 0 Å². The molecule has 0 saturated heterocycles. The minimum atomic E-state index is -0.473. The number of hydrogen-bond acceptors (Lipinski definition) is 3. The minimum Gasteiger partial charge on any atom is -0.456 e. The second-order valence-electron chi connectivity index (χ2n) is 4.63. The Kier molecular flexibility index (Phi) is 6.34. The average molecular weight is 228 g/mol. The molecule has 3 nitrogen and oxygen atoms in total. The predicted molar refractivity (Wildman–Crippen MR) is 65.3 cm³/mol. The zero-order valence-corrected chi connectivity index (χ0v) is 11.1. The van der Waals surface area contributed by atoms with Gasteiger partial charge in [-0.25, -0.2) is 4.79 Å². The van der Waals surface area contributed by atoms with Gasteiger partial charge >= 0.3 is 5.97 Å². The van der Waals surface area contributed by atoms with Crippen molar-refractivity contribution >= 4 is 5.97 Å². The van der Waals surface area contributed by atoms with E-state index >= 15 is 0 Å². The van der Waals surface area contributed by atoms with Crippen LogP contribution in [0.25, 0.3) is 0 Å². The molecule has 0 radical (unpaired) electrons. The Morgan fingerprint density at radius 1 is 1.44 bits per heavy atom. The molecule has 0 aromatic heterocycles. The molecule has 0 aliphatic carbocycles. The summed E-state index contributed by atoms with van der Waals surface area (Å²) in [5, 5.41) is 0. The lowest BCUT2D eigenvalue weighted by molar-refractivity contribution is -0.156. The molecule has 0 aromatic rings. The highest BCUT2D eigenvalue weighted by atomic mass is 16.6. The maximum absolute atomic E-state index is 11.2. The van der Waals surface area contributed by atoms with Crippen LogP contribution in [0.1, 0.15) is 47.5 Å². The summed E-state index contributed by atoms with van der Waals surface area (Å²) in [7, 11) is 0. The molecule has 0 heterocycles. The summed E-state index contributed by atoms with van der Waals surface area (Å²) >= 11 is 0. The molecule has 0 saturated carbocycles. The van der Waals surface area contributed by atoms with E-state index in [-0.39, 0.29) is 18.2 Å². The van der Waals surface area contributed by atoms with E-state index in [1.165, 1.54) is 6.08 Å². The average Bonchev–Trinajstić information content (AvgIpc) is 2.15. The van der Waals surface area contributed by atoms with Crippen molar-refractivity contribution in [3.05, 3.63) is 12.7 Å². The fourth-order valence-electron chi connectivity index (χ4n) is 1.66. The first-order valence-electron chi connectivity index (χ1n) is 5.84. The third-order valence-electron chi connectivity index (χ3n) is 2.49. The molecule has 2 unspecified atom stereocenters. The molecule has 0 bridgehead atoms. The van der Waals surface area contributed by atoms with Gasteiger partial charge in [-0.15, -0.1) is 0 Å². The molecule has 0 N–H and O–H groups in total. The normalized spacial score (nSPS) is 16.6. The fraction of sp³-hybridized carbons (Fsp3) is 0.769. The van der Waals surface area contributed by atoms with E-state index in [9.17, 15) is 4.79 Å². The number of carbonyl (C=O) groups is 1. The van der Waals surface area contributed by atoms with Gasteiger partial charge in [-0.3, -0.25) is 0 Å². The Labute approximate surface area is 98.8 Å². The van der Waals surface area contributed by atoms with E-state index in [1.807, 2.05) is 34.6 Å². The molecule has 0 amide bonds. The third-order valence-corrected chi connectivity index (χ3v) is 2.49. The van der Waals surface area contributed by atoms with Gasteiger partial charge in [0.1, 0.15) is 5.60 Å². The zero-order valence-electron chi connectivity index (χ0n) is 11.1. The van der Waals surface area contributed by atoms with E-state index < -0.39 is 5.60 Å². The number of esters is 1. The Bertz CT molecular complexity index is 235. The molecule has 0 aromatic carbocycles. The van der Waals surface area contributed by atoms with Gasteiger partial charge in [0.05, 0.1) is 12.2 Å². The van der Waals surface area contributed by atoms with Crippen LogP contribution in [0.3, 0.4) is 0 Å². The second kappa shape index (κ2) is 6.69. The van der Waals surface area contributed by atoms with Crippen molar-refractivity contribution < 1.29 is 14.3 Å². The van der Waals surface area contributed by atoms with Crippen LogP contribution in [-0.4, -0.2) is 23.8 Å². The van der Waals surface area contributed by atoms with E-state index in [1.54, 1.807) is 0 Å². The summed E-state index contributed by atoms with van der Waals surface area (Å²) < 4.78 is 11.0. The lowest BCUT2D eigenvalue weighted by Gasteiger charge is -2.31. The smallest absolute Gasteiger partial charge is 0.330 e. The molecule has 16 heavy (non-hydrogen) atoms. The van der Waals surface area contributed by atoms with Crippen LogP contribution in [0.5, 0.6) is 0 Å². The lowest BCUT2D eigenvalue weighted by Crippen LogP contribution is -2.35.